The number of ether oxygens (including phenoxy) is 2. The lowest BCUT2D eigenvalue weighted by Crippen LogP contribution is -2.38. The van der Waals surface area contributed by atoms with Crippen molar-refractivity contribution in [1.29, 1.82) is 0 Å². The highest BCUT2D eigenvalue weighted by molar-refractivity contribution is 5.79. The van der Waals surface area contributed by atoms with Gasteiger partial charge in [0.25, 0.3) is 0 Å². The minimum absolute atomic E-state index is 0.180. The zero-order valence-corrected chi connectivity index (χ0v) is 16.8. The molecule has 7 heteroatoms. The van der Waals surface area contributed by atoms with E-state index in [4.69, 9.17) is 9.47 Å². The quantitative estimate of drug-likeness (QED) is 0.483. The maximum Gasteiger partial charge on any atom is 0.191 e. The largest absolute Gasteiger partial charge is 0.490 e. The van der Waals surface area contributed by atoms with Crippen LogP contribution in [0, 0.1) is 5.82 Å². The van der Waals surface area contributed by atoms with Crippen molar-refractivity contribution in [1.82, 2.24) is 15.6 Å². The first-order chi connectivity index (χ1) is 13.7. The molecule has 0 bridgehead atoms. The number of hydrogen-bond donors (Lipinski definition) is 2. The lowest BCUT2D eigenvalue weighted by Gasteiger charge is -2.14. The Hall–Kier alpha value is -2.83. The van der Waals surface area contributed by atoms with Gasteiger partial charge in [-0.15, -0.1) is 0 Å². The van der Waals surface area contributed by atoms with Gasteiger partial charge >= 0.3 is 0 Å². The van der Waals surface area contributed by atoms with Crippen molar-refractivity contribution in [3.05, 3.63) is 53.6 Å². The Morgan fingerprint density at radius 1 is 1.07 bits per heavy atom. The first-order valence-corrected chi connectivity index (χ1v) is 9.68. The first kappa shape index (κ1) is 21.5. The molecule has 6 nitrogen and oxygen atoms in total. The topological polar surface area (TPSA) is 67.8 Å². The number of pyridine rings is 1. The van der Waals surface area contributed by atoms with Crippen LogP contribution in [0.25, 0.3) is 0 Å². The SMILES string of the molecule is CCNC(=NCc1ncccc1F)NCCc1ccc(OCC)c(OCC)c1. The average molecular weight is 388 g/mol. The second-order valence-electron chi connectivity index (χ2n) is 5.95. The van der Waals surface area contributed by atoms with Crippen molar-refractivity contribution in [3.8, 4) is 11.5 Å². The van der Waals surface area contributed by atoms with Crippen LogP contribution in [0.1, 0.15) is 32.0 Å². The lowest BCUT2D eigenvalue weighted by molar-refractivity contribution is 0.287. The summed E-state index contributed by atoms with van der Waals surface area (Å²) in [6.07, 6.45) is 2.35. The summed E-state index contributed by atoms with van der Waals surface area (Å²) < 4.78 is 25.0. The van der Waals surface area contributed by atoms with Crippen LogP contribution < -0.4 is 20.1 Å². The number of rotatable bonds is 10. The summed E-state index contributed by atoms with van der Waals surface area (Å²) in [5.74, 6) is 1.80. The van der Waals surface area contributed by atoms with E-state index in [1.165, 1.54) is 6.07 Å². The van der Waals surface area contributed by atoms with E-state index < -0.39 is 0 Å². The normalized spacial score (nSPS) is 11.2. The number of halogens is 1. The third kappa shape index (κ3) is 6.72. The molecule has 0 unspecified atom stereocenters. The van der Waals surface area contributed by atoms with E-state index in [-0.39, 0.29) is 12.4 Å². The summed E-state index contributed by atoms with van der Waals surface area (Å²) in [6, 6.07) is 8.93. The van der Waals surface area contributed by atoms with Crippen molar-refractivity contribution >= 4 is 5.96 Å². The van der Waals surface area contributed by atoms with Crippen molar-refractivity contribution in [2.45, 2.75) is 33.7 Å². The zero-order chi connectivity index (χ0) is 20.2. The van der Waals surface area contributed by atoms with Crippen LogP contribution in [0.3, 0.4) is 0 Å². The van der Waals surface area contributed by atoms with E-state index in [0.29, 0.717) is 38.0 Å². The summed E-state index contributed by atoms with van der Waals surface area (Å²) in [5.41, 5.74) is 1.46. The Kier molecular flexibility index (Phi) is 9.04. The van der Waals surface area contributed by atoms with Crippen LogP contribution in [0.4, 0.5) is 4.39 Å². The van der Waals surface area contributed by atoms with E-state index in [0.717, 1.165) is 23.5 Å². The molecule has 0 aliphatic carbocycles. The summed E-state index contributed by atoms with van der Waals surface area (Å²) in [5, 5.41) is 6.43. The minimum atomic E-state index is -0.347. The summed E-state index contributed by atoms with van der Waals surface area (Å²) >= 11 is 0. The molecule has 1 aromatic heterocycles. The minimum Gasteiger partial charge on any atom is -0.490 e. The molecule has 0 saturated carbocycles. The number of nitrogens with zero attached hydrogens (tertiary/aromatic N) is 2. The van der Waals surface area contributed by atoms with E-state index in [2.05, 4.69) is 20.6 Å². The molecule has 0 amide bonds. The molecule has 0 atom stereocenters. The van der Waals surface area contributed by atoms with Crippen molar-refractivity contribution < 1.29 is 13.9 Å². The maximum absolute atomic E-state index is 13.7. The Morgan fingerprint density at radius 2 is 1.86 bits per heavy atom. The van der Waals surface area contributed by atoms with Gasteiger partial charge in [0.05, 0.1) is 25.5 Å². The summed E-state index contributed by atoms with van der Waals surface area (Å²) in [7, 11) is 0. The lowest BCUT2D eigenvalue weighted by atomic mass is 10.1. The van der Waals surface area contributed by atoms with Gasteiger partial charge in [-0.3, -0.25) is 4.98 Å². The highest BCUT2D eigenvalue weighted by atomic mass is 19.1. The number of aliphatic imine (C=N–C) groups is 1. The Morgan fingerprint density at radius 3 is 2.57 bits per heavy atom. The van der Waals surface area contributed by atoms with Gasteiger partial charge in [0.1, 0.15) is 5.82 Å². The van der Waals surface area contributed by atoms with Crippen LogP contribution in [-0.2, 0) is 13.0 Å². The second-order valence-corrected chi connectivity index (χ2v) is 5.95. The van der Waals surface area contributed by atoms with E-state index in [1.54, 1.807) is 12.3 Å². The molecule has 1 heterocycles. The number of guanidine groups is 1. The fourth-order valence-electron chi connectivity index (χ4n) is 2.61. The van der Waals surface area contributed by atoms with E-state index in [9.17, 15) is 4.39 Å². The van der Waals surface area contributed by atoms with Crippen LogP contribution in [0.2, 0.25) is 0 Å². The molecular weight excluding hydrogens is 359 g/mol. The highest BCUT2D eigenvalue weighted by Crippen LogP contribution is 2.28. The molecule has 0 fully saturated rings. The van der Waals surface area contributed by atoms with Gasteiger partial charge in [0.15, 0.2) is 17.5 Å². The van der Waals surface area contributed by atoms with Crippen LogP contribution >= 0.6 is 0 Å². The third-order valence-electron chi connectivity index (χ3n) is 3.88. The van der Waals surface area contributed by atoms with E-state index in [1.807, 2.05) is 39.0 Å². The predicted octanol–water partition coefficient (Wildman–Crippen LogP) is 3.32. The highest BCUT2D eigenvalue weighted by Gasteiger charge is 2.07. The van der Waals surface area contributed by atoms with Crippen molar-refractivity contribution in [2.75, 3.05) is 26.3 Å². The standard InChI is InChI=1S/C21H29FN4O2/c1-4-23-21(26-15-18-17(22)8-7-12-24-18)25-13-11-16-9-10-19(27-5-2)20(14-16)28-6-3/h7-10,12,14H,4-6,11,13,15H2,1-3H3,(H2,23,25,26). The van der Waals surface area contributed by atoms with E-state index >= 15 is 0 Å². The van der Waals surface area contributed by atoms with Gasteiger partial charge in [-0.2, -0.15) is 0 Å². The molecule has 0 aliphatic heterocycles. The van der Waals surface area contributed by atoms with Gasteiger partial charge in [0.2, 0.25) is 0 Å². The van der Waals surface area contributed by atoms with Gasteiger partial charge in [-0.05, 0) is 57.0 Å². The molecular formula is C21H29FN4O2. The molecule has 0 aliphatic rings. The molecule has 2 N–H and O–H groups in total. The Balaban J connectivity index is 1.95. The number of hydrogen-bond acceptors (Lipinski definition) is 4. The predicted molar refractivity (Wildman–Crippen MR) is 109 cm³/mol. The van der Waals surface area contributed by atoms with Crippen molar-refractivity contribution in [2.24, 2.45) is 4.99 Å². The molecule has 2 rings (SSSR count). The summed E-state index contributed by atoms with van der Waals surface area (Å²) in [6.45, 7) is 8.64. The van der Waals surface area contributed by atoms with Crippen LogP contribution in [-0.4, -0.2) is 37.2 Å². The number of aromatic nitrogens is 1. The van der Waals surface area contributed by atoms with Crippen LogP contribution in [0.5, 0.6) is 11.5 Å². The Labute approximate surface area is 166 Å². The van der Waals surface area contributed by atoms with Gasteiger partial charge in [-0.25, -0.2) is 9.38 Å². The maximum atomic E-state index is 13.7. The smallest absolute Gasteiger partial charge is 0.191 e. The van der Waals surface area contributed by atoms with Gasteiger partial charge in [0, 0.05) is 19.3 Å². The number of nitrogens with one attached hydrogen (secondary N) is 2. The van der Waals surface area contributed by atoms with Gasteiger partial charge < -0.3 is 20.1 Å². The molecule has 0 radical (unpaired) electrons. The van der Waals surface area contributed by atoms with Crippen molar-refractivity contribution in [3.63, 3.8) is 0 Å². The molecule has 28 heavy (non-hydrogen) atoms. The molecule has 0 saturated heterocycles. The molecule has 1 aromatic carbocycles. The average Bonchev–Trinajstić information content (AvgIpc) is 2.69. The molecule has 2 aromatic rings. The monoisotopic (exact) mass is 388 g/mol. The zero-order valence-electron chi connectivity index (χ0n) is 16.8. The van der Waals surface area contributed by atoms with Crippen LogP contribution in [0.15, 0.2) is 41.5 Å². The molecule has 152 valence electrons. The molecule has 0 spiro atoms. The third-order valence-corrected chi connectivity index (χ3v) is 3.88. The number of benzene rings is 1. The Bertz CT molecular complexity index is 768. The fraction of sp³-hybridized carbons (Fsp3) is 0.429. The summed E-state index contributed by atoms with van der Waals surface area (Å²) in [4.78, 5) is 8.43. The fourth-order valence-corrected chi connectivity index (χ4v) is 2.61. The van der Waals surface area contributed by atoms with Gasteiger partial charge in [-0.1, -0.05) is 6.07 Å². The first-order valence-electron chi connectivity index (χ1n) is 9.68. The second kappa shape index (κ2) is 11.8.